The second-order valence-corrected chi connectivity index (χ2v) is 5.08. The molecular formula is C12H17BrN2. The van der Waals surface area contributed by atoms with Crippen molar-refractivity contribution in [3.63, 3.8) is 0 Å². The summed E-state index contributed by atoms with van der Waals surface area (Å²) in [5.74, 6) is 0. The van der Waals surface area contributed by atoms with Crippen molar-refractivity contribution in [1.82, 2.24) is 4.90 Å². The summed E-state index contributed by atoms with van der Waals surface area (Å²) in [4.78, 5) is 4.82. The Morgan fingerprint density at radius 2 is 1.80 bits per heavy atom. The zero-order chi connectivity index (χ0) is 10.8. The Bertz CT molecular complexity index is 343. The number of anilines is 1. The fourth-order valence-electron chi connectivity index (χ4n) is 1.84. The highest BCUT2D eigenvalue weighted by atomic mass is 79.9. The first-order chi connectivity index (χ1) is 7.16. The van der Waals surface area contributed by atoms with Gasteiger partial charge in [-0.05, 0) is 31.7 Å². The van der Waals surface area contributed by atoms with E-state index >= 15 is 0 Å². The van der Waals surface area contributed by atoms with Crippen LogP contribution >= 0.6 is 15.9 Å². The maximum absolute atomic E-state index is 3.59. The van der Waals surface area contributed by atoms with Gasteiger partial charge in [0.05, 0.1) is 0 Å². The van der Waals surface area contributed by atoms with Crippen LogP contribution in [0.1, 0.15) is 5.56 Å². The number of halogens is 1. The average molecular weight is 269 g/mol. The van der Waals surface area contributed by atoms with Gasteiger partial charge in [0.1, 0.15) is 0 Å². The van der Waals surface area contributed by atoms with Crippen LogP contribution in [0, 0.1) is 6.92 Å². The lowest BCUT2D eigenvalue weighted by molar-refractivity contribution is 0.313. The van der Waals surface area contributed by atoms with E-state index < -0.39 is 0 Å². The fourth-order valence-corrected chi connectivity index (χ4v) is 2.21. The first-order valence-corrected chi connectivity index (χ1v) is 6.16. The van der Waals surface area contributed by atoms with Gasteiger partial charge < -0.3 is 9.80 Å². The summed E-state index contributed by atoms with van der Waals surface area (Å²) in [6, 6.07) is 6.61. The van der Waals surface area contributed by atoms with Crippen LogP contribution in [0.2, 0.25) is 0 Å². The molecule has 0 bridgehead atoms. The molecule has 1 aliphatic heterocycles. The van der Waals surface area contributed by atoms with Crippen LogP contribution < -0.4 is 4.90 Å². The molecule has 1 fully saturated rings. The number of benzene rings is 1. The van der Waals surface area contributed by atoms with Crippen molar-refractivity contribution in [2.45, 2.75) is 6.92 Å². The maximum Gasteiger partial charge on any atom is 0.0378 e. The summed E-state index contributed by atoms with van der Waals surface area (Å²) in [5, 5.41) is 0. The van der Waals surface area contributed by atoms with E-state index in [1.165, 1.54) is 15.7 Å². The molecule has 2 rings (SSSR count). The van der Waals surface area contributed by atoms with E-state index in [2.05, 4.69) is 57.9 Å². The number of rotatable bonds is 1. The molecule has 0 spiro atoms. The lowest BCUT2D eigenvalue weighted by Gasteiger charge is -2.34. The third-order valence-corrected chi connectivity index (χ3v) is 3.88. The van der Waals surface area contributed by atoms with Gasteiger partial charge in [-0.1, -0.05) is 22.0 Å². The summed E-state index contributed by atoms with van der Waals surface area (Å²) in [6.45, 7) is 6.70. The normalized spacial score (nSPS) is 18.2. The molecule has 1 aromatic carbocycles. The quantitative estimate of drug-likeness (QED) is 0.773. The molecule has 0 saturated carbocycles. The highest BCUT2D eigenvalue weighted by molar-refractivity contribution is 9.10. The highest BCUT2D eigenvalue weighted by Crippen LogP contribution is 2.24. The van der Waals surface area contributed by atoms with Gasteiger partial charge in [0, 0.05) is 36.3 Å². The van der Waals surface area contributed by atoms with Gasteiger partial charge in [-0.25, -0.2) is 0 Å². The Morgan fingerprint density at radius 3 is 2.40 bits per heavy atom. The molecule has 0 atom stereocenters. The minimum Gasteiger partial charge on any atom is -0.369 e. The van der Waals surface area contributed by atoms with Crippen LogP contribution in [-0.4, -0.2) is 38.1 Å². The third-order valence-electron chi connectivity index (χ3n) is 3.02. The molecule has 1 aromatic rings. The van der Waals surface area contributed by atoms with Crippen LogP contribution in [0.15, 0.2) is 22.7 Å². The Hall–Kier alpha value is -0.540. The maximum atomic E-state index is 3.59. The Labute approximate surface area is 100 Å². The van der Waals surface area contributed by atoms with Crippen molar-refractivity contribution >= 4 is 21.6 Å². The van der Waals surface area contributed by atoms with Crippen molar-refractivity contribution < 1.29 is 0 Å². The zero-order valence-electron chi connectivity index (χ0n) is 9.33. The van der Waals surface area contributed by atoms with Gasteiger partial charge in [0.2, 0.25) is 0 Å². The van der Waals surface area contributed by atoms with Crippen LogP contribution in [0.5, 0.6) is 0 Å². The SMILES string of the molecule is Cc1ccc(N2CCN(C)CC2)cc1Br. The van der Waals surface area contributed by atoms with Gasteiger partial charge in [-0.2, -0.15) is 0 Å². The molecule has 0 unspecified atom stereocenters. The smallest absolute Gasteiger partial charge is 0.0378 e. The van der Waals surface area contributed by atoms with E-state index in [0.717, 1.165) is 26.2 Å². The number of hydrogen-bond acceptors (Lipinski definition) is 2. The van der Waals surface area contributed by atoms with E-state index in [4.69, 9.17) is 0 Å². The molecule has 0 N–H and O–H groups in total. The molecule has 15 heavy (non-hydrogen) atoms. The van der Waals surface area contributed by atoms with Crippen LogP contribution in [0.3, 0.4) is 0 Å². The largest absolute Gasteiger partial charge is 0.369 e. The second-order valence-electron chi connectivity index (χ2n) is 4.22. The molecule has 0 radical (unpaired) electrons. The van der Waals surface area contributed by atoms with E-state index in [9.17, 15) is 0 Å². The summed E-state index contributed by atoms with van der Waals surface area (Å²) in [6.07, 6.45) is 0. The molecule has 0 amide bonds. The lowest BCUT2D eigenvalue weighted by atomic mass is 10.2. The Morgan fingerprint density at radius 1 is 1.13 bits per heavy atom. The molecule has 0 aromatic heterocycles. The number of hydrogen-bond donors (Lipinski definition) is 0. The number of piperazine rings is 1. The van der Waals surface area contributed by atoms with Crippen molar-refractivity contribution in [2.75, 3.05) is 38.1 Å². The molecule has 2 nitrogen and oxygen atoms in total. The monoisotopic (exact) mass is 268 g/mol. The van der Waals surface area contributed by atoms with Crippen molar-refractivity contribution in [1.29, 1.82) is 0 Å². The number of likely N-dealkylation sites (N-methyl/N-ethyl adjacent to an activating group) is 1. The van der Waals surface area contributed by atoms with Gasteiger partial charge in [0.25, 0.3) is 0 Å². The van der Waals surface area contributed by atoms with Gasteiger partial charge >= 0.3 is 0 Å². The first kappa shape index (κ1) is 11.0. The summed E-state index contributed by atoms with van der Waals surface area (Å²) < 4.78 is 1.21. The molecule has 0 aliphatic carbocycles. The lowest BCUT2D eigenvalue weighted by Crippen LogP contribution is -2.44. The average Bonchev–Trinajstić information content (AvgIpc) is 2.23. The second kappa shape index (κ2) is 4.54. The van der Waals surface area contributed by atoms with Crippen LogP contribution in [-0.2, 0) is 0 Å². The Balaban J connectivity index is 2.12. The number of aryl methyl sites for hydroxylation is 1. The van der Waals surface area contributed by atoms with Crippen LogP contribution in [0.25, 0.3) is 0 Å². The minimum atomic E-state index is 1.13. The topological polar surface area (TPSA) is 6.48 Å². The highest BCUT2D eigenvalue weighted by Gasteiger charge is 2.14. The van der Waals surface area contributed by atoms with Gasteiger partial charge in [0.15, 0.2) is 0 Å². The van der Waals surface area contributed by atoms with E-state index in [0.29, 0.717) is 0 Å². The summed E-state index contributed by atoms with van der Waals surface area (Å²) in [5.41, 5.74) is 2.63. The first-order valence-electron chi connectivity index (χ1n) is 5.36. The van der Waals surface area contributed by atoms with Crippen molar-refractivity contribution in [3.8, 4) is 0 Å². The summed E-state index contributed by atoms with van der Waals surface area (Å²) in [7, 11) is 2.18. The molecule has 3 heteroatoms. The van der Waals surface area contributed by atoms with E-state index in [1.807, 2.05) is 0 Å². The van der Waals surface area contributed by atoms with Crippen LogP contribution in [0.4, 0.5) is 5.69 Å². The van der Waals surface area contributed by atoms with Crippen molar-refractivity contribution in [3.05, 3.63) is 28.2 Å². The van der Waals surface area contributed by atoms with E-state index in [-0.39, 0.29) is 0 Å². The van der Waals surface area contributed by atoms with E-state index in [1.54, 1.807) is 0 Å². The van der Waals surface area contributed by atoms with Gasteiger partial charge in [-0.15, -0.1) is 0 Å². The summed E-state index contributed by atoms with van der Waals surface area (Å²) >= 11 is 3.59. The van der Waals surface area contributed by atoms with Gasteiger partial charge in [-0.3, -0.25) is 0 Å². The molecule has 1 saturated heterocycles. The number of nitrogens with zero attached hydrogens (tertiary/aromatic N) is 2. The fraction of sp³-hybridized carbons (Fsp3) is 0.500. The predicted molar refractivity (Wildman–Crippen MR) is 68.6 cm³/mol. The predicted octanol–water partition coefficient (Wildman–Crippen LogP) is 2.51. The molecule has 1 aliphatic rings. The molecule has 82 valence electrons. The van der Waals surface area contributed by atoms with Crippen molar-refractivity contribution in [2.24, 2.45) is 0 Å². The Kier molecular flexibility index (Phi) is 3.32. The zero-order valence-corrected chi connectivity index (χ0v) is 10.9. The minimum absolute atomic E-state index is 1.13. The molecule has 1 heterocycles. The molecular weight excluding hydrogens is 252 g/mol. The third kappa shape index (κ3) is 2.52. The standard InChI is InChI=1S/C12H17BrN2/c1-10-3-4-11(9-12(10)13)15-7-5-14(2)6-8-15/h3-4,9H,5-8H2,1-2H3.